The van der Waals surface area contributed by atoms with Crippen LogP contribution in [0.15, 0.2) is 91.0 Å². The molecule has 0 aliphatic carbocycles. The number of aryl methyl sites for hydroxylation is 1. The first-order chi connectivity index (χ1) is 27.4. The molecule has 8 rings (SSSR count). The van der Waals surface area contributed by atoms with Crippen molar-refractivity contribution in [3.8, 4) is 69.0 Å². The van der Waals surface area contributed by atoms with Crippen molar-refractivity contribution in [2.45, 2.75) is 27.2 Å². The highest BCUT2D eigenvalue weighted by molar-refractivity contribution is 5.99. The van der Waals surface area contributed by atoms with Crippen LogP contribution >= 0.6 is 0 Å². The molecule has 0 fully saturated rings. The lowest BCUT2D eigenvalue weighted by Crippen LogP contribution is -2.17. The van der Waals surface area contributed by atoms with Crippen molar-refractivity contribution in [2.24, 2.45) is 0 Å². The number of carbonyl (C=O) groups excluding carboxylic acids is 2. The summed E-state index contributed by atoms with van der Waals surface area (Å²) in [6.45, 7) is 5.52. The zero-order valence-electron chi connectivity index (χ0n) is 30.5. The molecule has 3 aliphatic heterocycles. The Morgan fingerprint density at radius 3 is 1.66 bits per heavy atom. The van der Waals surface area contributed by atoms with E-state index in [-0.39, 0.29) is 60.3 Å². The van der Waals surface area contributed by atoms with E-state index in [2.05, 4.69) is 0 Å². The summed E-state index contributed by atoms with van der Waals surface area (Å²) < 4.78 is 52.8. The Hall–Kier alpha value is -7.28. The summed E-state index contributed by atoms with van der Waals surface area (Å²) in [5.41, 5.74) is 1.71. The third-order valence-electron chi connectivity index (χ3n) is 8.81. The number of allylic oxidation sites excluding steroid dienone is 2. The Morgan fingerprint density at radius 1 is 0.554 bits per heavy atom. The smallest absolute Gasteiger partial charge is 0.394 e. The molecule has 284 valence electrons. The van der Waals surface area contributed by atoms with Crippen LogP contribution in [-0.4, -0.2) is 32.3 Å². The highest BCUT2D eigenvalue weighted by Gasteiger charge is 2.32. The average Bonchev–Trinajstić information content (AvgIpc) is 3.86. The largest absolute Gasteiger partial charge is 0.456 e. The summed E-state index contributed by atoms with van der Waals surface area (Å²) in [5, 5.41) is 0. The van der Waals surface area contributed by atoms with E-state index in [1.54, 1.807) is 72.8 Å². The van der Waals surface area contributed by atoms with Gasteiger partial charge in [-0.15, -0.1) is 0 Å². The summed E-state index contributed by atoms with van der Waals surface area (Å²) in [7, 11) is 0. The molecule has 0 N–H and O–H groups in total. The second-order valence-electron chi connectivity index (χ2n) is 12.3. The molecular weight excluding hydrogens is 724 g/mol. The molecule has 13 nitrogen and oxygen atoms in total. The molecule has 3 aliphatic rings. The Bertz CT molecular complexity index is 2400. The predicted molar refractivity (Wildman–Crippen MR) is 200 cm³/mol. The molecule has 0 bridgehead atoms. The molecule has 13 heteroatoms. The molecule has 0 amide bonds. The summed E-state index contributed by atoms with van der Waals surface area (Å²) in [4.78, 5) is 38.8. The third kappa shape index (κ3) is 7.05. The van der Waals surface area contributed by atoms with E-state index in [1.165, 1.54) is 6.07 Å². The van der Waals surface area contributed by atoms with Crippen molar-refractivity contribution in [3.63, 3.8) is 0 Å². The molecule has 0 unspecified atom stereocenters. The highest BCUT2D eigenvalue weighted by Crippen LogP contribution is 2.47. The number of rotatable bonds is 9. The van der Waals surface area contributed by atoms with Gasteiger partial charge < -0.3 is 42.6 Å². The van der Waals surface area contributed by atoms with E-state index >= 15 is 0 Å². The van der Waals surface area contributed by atoms with E-state index in [1.807, 2.05) is 45.1 Å². The van der Waals surface area contributed by atoms with Gasteiger partial charge in [0.25, 0.3) is 0 Å². The molecule has 0 aromatic heterocycles. The summed E-state index contributed by atoms with van der Waals surface area (Å²) >= 11 is 0. The predicted octanol–water partition coefficient (Wildman–Crippen LogP) is 9.81. The van der Waals surface area contributed by atoms with Gasteiger partial charge in [-0.05, 0) is 68.3 Å². The van der Waals surface area contributed by atoms with Crippen LogP contribution in [-0.2, 0) is 16.2 Å². The first-order valence-corrected chi connectivity index (χ1v) is 17.7. The van der Waals surface area contributed by atoms with Crippen molar-refractivity contribution >= 4 is 24.1 Å². The molecule has 3 heterocycles. The Kier molecular flexibility index (Phi) is 9.95. The summed E-state index contributed by atoms with van der Waals surface area (Å²) in [6.07, 6.45) is 7.76. The summed E-state index contributed by atoms with van der Waals surface area (Å²) in [6, 6.07) is 21.9. The van der Waals surface area contributed by atoms with Crippen LogP contribution in [0.2, 0.25) is 0 Å². The Balaban J connectivity index is 1.14. The normalized spacial score (nSPS) is 13.4. The van der Waals surface area contributed by atoms with Crippen molar-refractivity contribution in [2.75, 3.05) is 20.4 Å². The third-order valence-corrected chi connectivity index (χ3v) is 8.81. The maximum atomic E-state index is 14.3. The lowest BCUT2D eigenvalue weighted by molar-refractivity contribution is -0.187. The molecule has 0 saturated carbocycles. The number of hydrogen-bond donors (Lipinski definition) is 0. The van der Waals surface area contributed by atoms with E-state index < -0.39 is 11.9 Å². The topological polar surface area (TPSA) is 136 Å². The van der Waals surface area contributed by atoms with Crippen molar-refractivity contribution in [3.05, 3.63) is 119 Å². The molecule has 0 spiro atoms. The maximum absolute atomic E-state index is 14.3. The number of benzene rings is 5. The Labute approximate surface area is 321 Å². The zero-order chi connectivity index (χ0) is 38.6. The molecule has 56 heavy (non-hydrogen) atoms. The van der Waals surface area contributed by atoms with Gasteiger partial charge >= 0.3 is 11.9 Å². The fraction of sp³-hybridized carbons (Fsp3) is 0.163. The minimum absolute atomic E-state index is 0.00529. The maximum Gasteiger partial charge on any atom is 0.394 e. The van der Waals surface area contributed by atoms with Gasteiger partial charge in [0, 0.05) is 23.3 Å². The number of fused-ring (bicyclic) bond motifs is 4. The lowest BCUT2D eigenvalue weighted by atomic mass is 10.0. The monoisotopic (exact) mass is 758 g/mol. The van der Waals surface area contributed by atoms with Crippen molar-refractivity contribution < 1.29 is 62.0 Å². The first kappa shape index (κ1) is 35.7. The van der Waals surface area contributed by atoms with E-state index in [0.29, 0.717) is 63.4 Å². The van der Waals surface area contributed by atoms with Gasteiger partial charge in [0.2, 0.25) is 20.4 Å². The van der Waals surface area contributed by atoms with Crippen molar-refractivity contribution in [1.82, 2.24) is 0 Å². The molecule has 5 aromatic rings. The molecule has 0 radical (unpaired) electrons. The average molecular weight is 759 g/mol. The van der Waals surface area contributed by atoms with Crippen molar-refractivity contribution in [1.29, 1.82) is 0 Å². The second kappa shape index (κ2) is 15.6. The standard InChI is InChI=1S/C43H34O13/c1-4-10-26-18-35-37(50-23-48-35)20-33(26)52-30-15-9-12-25(6-3)39(30)42(44)55-56-43(45)40-31(53-34-21-38-36(49-24-51-38)19-27(34)11-5-2)16-17-32-41(40)54-29-14-8-7-13-28(29)46-22-47-32/h4-5,7-21H,6,22-24H2,1-3H3/b10-4-,11-5+. The van der Waals surface area contributed by atoms with E-state index in [0.717, 1.165) is 0 Å². The van der Waals surface area contributed by atoms with Crippen LogP contribution in [0.4, 0.5) is 0 Å². The van der Waals surface area contributed by atoms with Crippen LogP contribution < -0.4 is 42.6 Å². The zero-order valence-corrected chi connectivity index (χ0v) is 30.5. The second-order valence-corrected chi connectivity index (χ2v) is 12.3. The van der Waals surface area contributed by atoms with Gasteiger partial charge in [-0.2, -0.15) is 0 Å². The first-order valence-electron chi connectivity index (χ1n) is 17.7. The number of ether oxygens (including phenoxy) is 9. The molecule has 0 saturated heterocycles. The van der Waals surface area contributed by atoms with Crippen LogP contribution in [0.3, 0.4) is 0 Å². The molecular formula is C43H34O13. The van der Waals surface area contributed by atoms with Gasteiger partial charge in [0.1, 0.15) is 28.6 Å². The van der Waals surface area contributed by atoms with Crippen LogP contribution in [0, 0.1) is 0 Å². The SMILES string of the molecule is C/C=C\c1cc2c(cc1Oc1cccc(CC)c1C(=O)OOC(=O)c1c(Oc3cc4c(cc3/C=C/C)OCO4)ccc3c1Oc1ccccc1OCO3)OCO2. The lowest BCUT2D eigenvalue weighted by Gasteiger charge is -2.22. The van der Waals surface area contributed by atoms with Gasteiger partial charge in [-0.3, -0.25) is 0 Å². The van der Waals surface area contributed by atoms with Crippen LogP contribution in [0.5, 0.6) is 69.0 Å². The minimum atomic E-state index is -1.12. The molecule has 0 atom stereocenters. The van der Waals surface area contributed by atoms with E-state index in [9.17, 15) is 9.59 Å². The van der Waals surface area contributed by atoms with Gasteiger partial charge in [-0.1, -0.05) is 55.5 Å². The quantitative estimate of drug-likeness (QED) is 0.104. The van der Waals surface area contributed by atoms with Gasteiger partial charge in [-0.25, -0.2) is 19.4 Å². The van der Waals surface area contributed by atoms with Gasteiger partial charge in [0.05, 0.1) is 0 Å². The minimum Gasteiger partial charge on any atom is -0.456 e. The number of hydrogen-bond acceptors (Lipinski definition) is 13. The van der Waals surface area contributed by atoms with Crippen LogP contribution in [0.25, 0.3) is 12.2 Å². The molecule has 5 aromatic carbocycles. The number of carbonyl (C=O) groups is 2. The van der Waals surface area contributed by atoms with E-state index in [4.69, 9.17) is 52.4 Å². The summed E-state index contributed by atoms with van der Waals surface area (Å²) in [5.74, 6) is 1.56. The van der Waals surface area contributed by atoms with Gasteiger partial charge in [0.15, 0.2) is 51.6 Å². The van der Waals surface area contributed by atoms with Crippen LogP contribution in [0.1, 0.15) is 58.2 Å². The fourth-order valence-corrected chi connectivity index (χ4v) is 6.22. The Morgan fingerprint density at radius 2 is 1.07 bits per heavy atom. The fourth-order valence-electron chi connectivity index (χ4n) is 6.22. The highest BCUT2D eigenvalue weighted by atomic mass is 17.2. The number of para-hydroxylation sites is 2.